The van der Waals surface area contributed by atoms with Crippen molar-refractivity contribution in [1.82, 2.24) is 5.32 Å². The Hall–Kier alpha value is -0.610. The second-order valence-corrected chi connectivity index (χ2v) is 3.95. The molecular weight excluding hydrogens is 192 g/mol. The number of carbonyl (C=O) groups excluding carboxylic acids is 1. The lowest BCUT2D eigenvalue weighted by Gasteiger charge is -2.16. The van der Waals surface area contributed by atoms with Crippen LogP contribution in [-0.2, 0) is 4.79 Å². The number of hydrogen-bond donors (Lipinski definition) is 3. The zero-order valence-corrected chi connectivity index (χ0v) is 9.83. The lowest BCUT2D eigenvalue weighted by atomic mass is 9.99. The molecular formula is C11H24N2O2. The summed E-state index contributed by atoms with van der Waals surface area (Å²) in [6.45, 7) is 4.66. The molecule has 2 atom stereocenters. The Morgan fingerprint density at radius 3 is 2.60 bits per heavy atom. The van der Waals surface area contributed by atoms with Gasteiger partial charge >= 0.3 is 0 Å². The highest BCUT2D eigenvalue weighted by molar-refractivity contribution is 5.81. The number of nitrogens with one attached hydrogen (secondary N) is 1. The summed E-state index contributed by atoms with van der Waals surface area (Å²) >= 11 is 0. The quantitative estimate of drug-likeness (QED) is 0.557. The minimum Gasteiger partial charge on any atom is -0.394 e. The predicted octanol–water partition coefficient (Wildman–Crippen LogP) is 0.639. The van der Waals surface area contributed by atoms with Crippen LogP contribution in [0.5, 0.6) is 0 Å². The van der Waals surface area contributed by atoms with Crippen molar-refractivity contribution in [3.8, 4) is 0 Å². The van der Waals surface area contributed by atoms with Crippen LogP contribution in [0.2, 0.25) is 0 Å². The van der Waals surface area contributed by atoms with Gasteiger partial charge in [0.05, 0.1) is 6.61 Å². The minimum absolute atomic E-state index is 0.257. The maximum atomic E-state index is 11.3. The monoisotopic (exact) mass is 216 g/mol. The molecule has 0 aromatic rings. The van der Waals surface area contributed by atoms with Crippen molar-refractivity contribution in [3.05, 3.63) is 0 Å². The molecule has 15 heavy (non-hydrogen) atoms. The van der Waals surface area contributed by atoms with Gasteiger partial charge in [-0.2, -0.15) is 0 Å². The van der Waals surface area contributed by atoms with Crippen LogP contribution in [0, 0.1) is 5.92 Å². The maximum absolute atomic E-state index is 11.3. The summed E-state index contributed by atoms with van der Waals surface area (Å²) in [5, 5.41) is 11.5. The summed E-state index contributed by atoms with van der Waals surface area (Å²) in [4.78, 5) is 11.3. The average Bonchev–Trinajstić information content (AvgIpc) is 2.27. The van der Waals surface area contributed by atoms with Crippen molar-refractivity contribution in [1.29, 1.82) is 0 Å². The van der Waals surface area contributed by atoms with E-state index in [0.717, 1.165) is 12.8 Å². The Morgan fingerprint density at radius 1 is 1.47 bits per heavy atom. The van der Waals surface area contributed by atoms with Gasteiger partial charge in [-0.05, 0) is 12.3 Å². The molecule has 0 spiro atoms. The number of aliphatic hydroxyl groups excluding tert-OH is 1. The largest absolute Gasteiger partial charge is 0.394 e. The number of nitrogens with two attached hydrogens (primary N) is 1. The molecule has 0 saturated carbocycles. The number of rotatable bonds is 8. The molecule has 0 fully saturated rings. The minimum atomic E-state index is -0.784. The Balaban J connectivity index is 3.74. The topological polar surface area (TPSA) is 75.4 Å². The molecule has 0 bridgehead atoms. The summed E-state index contributed by atoms with van der Waals surface area (Å²) in [6, 6.07) is -0.784. The van der Waals surface area contributed by atoms with E-state index < -0.39 is 6.04 Å². The van der Waals surface area contributed by atoms with Crippen LogP contribution in [0.4, 0.5) is 0 Å². The van der Waals surface area contributed by atoms with Gasteiger partial charge in [-0.3, -0.25) is 4.79 Å². The molecule has 4 N–H and O–H groups in total. The molecule has 0 rings (SSSR count). The summed E-state index contributed by atoms with van der Waals surface area (Å²) in [7, 11) is 0. The Morgan fingerprint density at radius 2 is 2.13 bits per heavy atom. The molecule has 0 saturated heterocycles. The third kappa shape index (κ3) is 6.47. The summed E-state index contributed by atoms with van der Waals surface area (Å²) in [6.07, 6.45) is 4.58. The second kappa shape index (κ2) is 8.68. The van der Waals surface area contributed by atoms with Crippen LogP contribution in [0.15, 0.2) is 0 Å². The number of amides is 1. The number of hydrogen-bond acceptors (Lipinski definition) is 3. The third-order valence-electron chi connectivity index (χ3n) is 2.64. The van der Waals surface area contributed by atoms with E-state index in [0.29, 0.717) is 12.5 Å². The zero-order chi connectivity index (χ0) is 11.7. The lowest BCUT2D eigenvalue weighted by molar-refractivity contribution is -0.123. The van der Waals surface area contributed by atoms with E-state index in [1.807, 2.05) is 0 Å². The van der Waals surface area contributed by atoms with Crippen LogP contribution in [-0.4, -0.2) is 30.2 Å². The SMILES string of the molecule is CCCCC(CC)CNC(=O)C(N)CO. The highest BCUT2D eigenvalue weighted by Crippen LogP contribution is 2.10. The molecule has 0 radical (unpaired) electrons. The summed E-state index contributed by atoms with van der Waals surface area (Å²) in [5.74, 6) is 0.271. The predicted molar refractivity (Wildman–Crippen MR) is 61.4 cm³/mol. The van der Waals surface area contributed by atoms with Gasteiger partial charge in [-0.1, -0.05) is 33.1 Å². The number of aliphatic hydroxyl groups is 1. The lowest BCUT2D eigenvalue weighted by Crippen LogP contribution is -2.44. The van der Waals surface area contributed by atoms with Gasteiger partial charge in [-0.25, -0.2) is 0 Å². The van der Waals surface area contributed by atoms with Crippen LogP contribution in [0.1, 0.15) is 39.5 Å². The Kier molecular flexibility index (Phi) is 8.33. The first kappa shape index (κ1) is 14.4. The molecule has 0 aromatic heterocycles. The highest BCUT2D eigenvalue weighted by atomic mass is 16.3. The van der Waals surface area contributed by atoms with E-state index in [9.17, 15) is 4.79 Å². The molecule has 0 aliphatic heterocycles. The number of carbonyl (C=O) groups is 1. The summed E-state index contributed by atoms with van der Waals surface area (Å²) < 4.78 is 0. The fourth-order valence-electron chi connectivity index (χ4n) is 1.40. The van der Waals surface area contributed by atoms with Crippen molar-refractivity contribution < 1.29 is 9.90 Å². The molecule has 4 nitrogen and oxygen atoms in total. The van der Waals surface area contributed by atoms with E-state index >= 15 is 0 Å². The van der Waals surface area contributed by atoms with E-state index in [4.69, 9.17) is 10.8 Å². The normalized spacial score (nSPS) is 14.7. The first-order valence-electron chi connectivity index (χ1n) is 5.79. The van der Waals surface area contributed by atoms with Gasteiger partial charge in [0, 0.05) is 6.54 Å². The fourth-order valence-corrected chi connectivity index (χ4v) is 1.40. The molecule has 2 unspecified atom stereocenters. The summed E-state index contributed by atoms with van der Waals surface area (Å²) in [5.41, 5.74) is 5.38. The van der Waals surface area contributed by atoms with Crippen molar-refractivity contribution in [2.24, 2.45) is 11.7 Å². The third-order valence-corrected chi connectivity index (χ3v) is 2.64. The van der Waals surface area contributed by atoms with E-state index in [2.05, 4.69) is 19.2 Å². The van der Waals surface area contributed by atoms with Crippen LogP contribution >= 0.6 is 0 Å². The standard InChI is InChI=1S/C11H24N2O2/c1-3-5-6-9(4-2)7-13-11(15)10(12)8-14/h9-10,14H,3-8,12H2,1-2H3,(H,13,15). The van der Waals surface area contributed by atoms with Gasteiger partial charge in [0.15, 0.2) is 0 Å². The molecule has 90 valence electrons. The van der Waals surface area contributed by atoms with E-state index in [1.54, 1.807) is 0 Å². The maximum Gasteiger partial charge on any atom is 0.239 e. The van der Waals surface area contributed by atoms with Crippen molar-refractivity contribution >= 4 is 5.91 Å². The van der Waals surface area contributed by atoms with Crippen molar-refractivity contribution in [3.63, 3.8) is 0 Å². The molecule has 0 aliphatic carbocycles. The molecule has 0 heterocycles. The first-order chi connectivity index (χ1) is 7.15. The smallest absolute Gasteiger partial charge is 0.239 e. The molecule has 0 aromatic carbocycles. The van der Waals surface area contributed by atoms with Gasteiger partial charge in [-0.15, -0.1) is 0 Å². The highest BCUT2D eigenvalue weighted by Gasteiger charge is 2.13. The van der Waals surface area contributed by atoms with Gasteiger partial charge < -0.3 is 16.2 Å². The first-order valence-corrected chi connectivity index (χ1v) is 5.79. The Bertz CT molecular complexity index is 174. The van der Waals surface area contributed by atoms with Gasteiger partial charge in [0.1, 0.15) is 6.04 Å². The molecule has 1 amide bonds. The van der Waals surface area contributed by atoms with Crippen molar-refractivity contribution in [2.45, 2.75) is 45.6 Å². The van der Waals surface area contributed by atoms with E-state index in [-0.39, 0.29) is 12.5 Å². The van der Waals surface area contributed by atoms with Gasteiger partial charge in [0.2, 0.25) is 5.91 Å². The number of unbranched alkanes of at least 4 members (excludes halogenated alkanes) is 1. The Labute approximate surface area is 92.2 Å². The molecule has 4 heteroatoms. The van der Waals surface area contributed by atoms with Gasteiger partial charge in [0.25, 0.3) is 0 Å². The van der Waals surface area contributed by atoms with Crippen LogP contribution < -0.4 is 11.1 Å². The van der Waals surface area contributed by atoms with Crippen LogP contribution in [0.25, 0.3) is 0 Å². The average molecular weight is 216 g/mol. The fraction of sp³-hybridized carbons (Fsp3) is 0.909. The second-order valence-electron chi connectivity index (χ2n) is 3.95. The molecule has 0 aliphatic rings. The van der Waals surface area contributed by atoms with Crippen molar-refractivity contribution in [2.75, 3.05) is 13.2 Å². The van der Waals surface area contributed by atoms with Crippen LogP contribution in [0.3, 0.4) is 0 Å². The van der Waals surface area contributed by atoms with E-state index in [1.165, 1.54) is 12.8 Å². The zero-order valence-electron chi connectivity index (χ0n) is 9.83.